The normalized spacial score (nSPS) is 24.1. The molecule has 2 aromatic rings. The molecule has 0 unspecified atom stereocenters. The lowest BCUT2D eigenvalue weighted by Crippen LogP contribution is -2.64. The van der Waals surface area contributed by atoms with E-state index in [2.05, 4.69) is 0 Å². The average molecular weight is 553 g/mol. The minimum absolute atomic E-state index is 0.0382. The van der Waals surface area contributed by atoms with Crippen LogP contribution in [0, 0.1) is 11.6 Å². The number of hydrogen-bond donors (Lipinski definition) is 0. The van der Waals surface area contributed by atoms with Crippen LogP contribution in [0.3, 0.4) is 0 Å². The number of hydrogen-bond acceptors (Lipinski definition) is 5. The minimum Gasteiger partial charge on any atom is -0.487 e. The highest BCUT2D eigenvalue weighted by Gasteiger charge is 2.62. The number of benzene rings is 2. The van der Waals surface area contributed by atoms with Gasteiger partial charge in [0.25, 0.3) is 0 Å². The zero-order valence-electron chi connectivity index (χ0n) is 18.8. The largest absolute Gasteiger partial charge is 0.497 e. The van der Waals surface area contributed by atoms with Gasteiger partial charge in [-0.3, -0.25) is 4.79 Å². The fourth-order valence-electron chi connectivity index (χ4n) is 5.16. The summed E-state index contributed by atoms with van der Waals surface area (Å²) in [4.78, 5) is 12.6. The third-order valence-corrected chi connectivity index (χ3v) is 8.66. The van der Waals surface area contributed by atoms with Crippen molar-refractivity contribution in [3.8, 4) is 5.75 Å². The van der Waals surface area contributed by atoms with Crippen LogP contribution in [0.4, 0.5) is 22.0 Å². The Kier molecular flexibility index (Phi) is 7.13. The second-order valence-electron chi connectivity index (χ2n) is 9.08. The zero-order valence-corrected chi connectivity index (χ0v) is 20.4. The first-order valence-corrected chi connectivity index (χ1v) is 13.1. The van der Waals surface area contributed by atoms with Gasteiger partial charge in [0.15, 0.2) is 11.6 Å². The van der Waals surface area contributed by atoms with Crippen molar-refractivity contribution < 1.29 is 44.6 Å². The molecule has 1 aliphatic carbocycles. The summed E-state index contributed by atoms with van der Waals surface area (Å²) in [5.41, 5.74) is -7.72. The van der Waals surface area contributed by atoms with Crippen LogP contribution in [0.2, 0.25) is 5.02 Å². The van der Waals surface area contributed by atoms with Crippen LogP contribution in [0.25, 0.3) is 0 Å². The standard InChI is InChI=1S/C24H22ClF5O5S/c25-16-4-2-15(3-5-16)12-22-9-8-17(31)13-23(22,35-10-1-11-36(32,33)24(28,29)30)14-34-21-19(27)7-6-18(26)20(21)22/h2-7H,1,8-14H2/t22-,23+/m1/s1. The fraction of sp³-hybridized carbons (Fsp3) is 0.458. The number of ether oxygens (including phenoxy) is 2. The Balaban J connectivity index is 1.76. The van der Waals surface area contributed by atoms with Crippen LogP contribution in [-0.4, -0.2) is 44.3 Å². The van der Waals surface area contributed by atoms with Crippen molar-refractivity contribution in [2.45, 2.75) is 48.6 Å². The van der Waals surface area contributed by atoms with Crippen LogP contribution in [0.5, 0.6) is 5.75 Å². The summed E-state index contributed by atoms with van der Waals surface area (Å²) in [5, 5.41) is 0.452. The second kappa shape index (κ2) is 9.57. The topological polar surface area (TPSA) is 69.7 Å². The molecular weight excluding hydrogens is 531 g/mol. The van der Waals surface area contributed by atoms with Gasteiger partial charge in [-0.2, -0.15) is 13.2 Å². The number of carbonyl (C=O) groups excluding carboxylic acids is 1. The molecule has 0 saturated heterocycles. The Hall–Kier alpha value is -2.24. The van der Waals surface area contributed by atoms with E-state index in [0.29, 0.717) is 10.6 Å². The van der Waals surface area contributed by atoms with E-state index in [1.165, 1.54) is 0 Å². The zero-order chi connectivity index (χ0) is 26.4. The molecule has 5 nitrogen and oxygen atoms in total. The molecule has 0 N–H and O–H groups in total. The Labute approximate surface area is 209 Å². The van der Waals surface area contributed by atoms with Gasteiger partial charge in [0.05, 0.1) is 5.75 Å². The van der Waals surface area contributed by atoms with Gasteiger partial charge in [-0.05, 0) is 49.1 Å². The van der Waals surface area contributed by atoms with Gasteiger partial charge in [-0.25, -0.2) is 17.2 Å². The molecule has 0 spiro atoms. The number of Topliss-reactive ketones (excluding diaryl/α,β-unsaturated/α-hetero) is 1. The van der Waals surface area contributed by atoms with E-state index >= 15 is 4.39 Å². The Bertz CT molecular complexity index is 1260. The first-order valence-electron chi connectivity index (χ1n) is 11.1. The third-order valence-electron chi connectivity index (χ3n) is 6.88. The first kappa shape index (κ1) is 26.8. The van der Waals surface area contributed by atoms with Crippen LogP contribution in [-0.2, 0) is 31.2 Å². The molecule has 0 bridgehead atoms. The number of halogens is 6. The molecule has 4 rings (SSSR count). The molecule has 196 valence electrons. The maximum absolute atomic E-state index is 15.4. The fourth-order valence-corrected chi connectivity index (χ4v) is 6.01. The third kappa shape index (κ3) is 4.72. The van der Waals surface area contributed by atoms with Gasteiger partial charge >= 0.3 is 5.51 Å². The molecule has 2 aliphatic rings. The molecule has 1 heterocycles. The highest BCUT2D eigenvalue weighted by Crippen LogP contribution is 2.56. The molecule has 0 amide bonds. The van der Waals surface area contributed by atoms with Gasteiger partial charge in [0.2, 0.25) is 9.84 Å². The molecule has 0 aromatic heterocycles. The monoisotopic (exact) mass is 552 g/mol. The van der Waals surface area contributed by atoms with Gasteiger partial charge in [0.1, 0.15) is 23.8 Å². The highest BCUT2D eigenvalue weighted by atomic mass is 35.5. The lowest BCUT2D eigenvalue weighted by atomic mass is 9.55. The summed E-state index contributed by atoms with van der Waals surface area (Å²) in [5.74, 6) is -3.35. The Morgan fingerprint density at radius 2 is 1.72 bits per heavy atom. The van der Waals surface area contributed by atoms with Crippen LogP contribution < -0.4 is 4.74 Å². The van der Waals surface area contributed by atoms with Crippen LogP contribution in [0.1, 0.15) is 36.8 Å². The van der Waals surface area contributed by atoms with Gasteiger partial charge < -0.3 is 9.47 Å². The highest BCUT2D eigenvalue weighted by molar-refractivity contribution is 7.92. The SMILES string of the molecule is O=C1CC[C@@]2(Cc3ccc(Cl)cc3)c3c(F)ccc(F)c3OC[C@@]2(OCCCS(=O)(=O)C(F)(F)F)C1. The van der Waals surface area contributed by atoms with E-state index in [-0.39, 0.29) is 49.4 Å². The average Bonchev–Trinajstić information content (AvgIpc) is 2.80. The number of sulfone groups is 1. The van der Waals surface area contributed by atoms with Crippen molar-refractivity contribution in [1.29, 1.82) is 0 Å². The molecular formula is C24H22ClF5O5S. The molecule has 1 saturated carbocycles. The van der Waals surface area contributed by atoms with Crippen LogP contribution in [0.15, 0.2) is 36.4 Å². The predicted octanol–water partition coefficient (Wildman–Crippen LogP) is 5.32. The van der Waals surface area contributed by atoms with Gasteiger partial charge in [0, 0.05) is 35.4 Å². The van der Waals surface area contributed by atoms with E-state index < -0.39 is 56.8 Å². The first-order chi connectivity index (χ1) is 16.8. The van der Waals surface area contributed by atoms with Crippen molar-refractivity contribution in [3.05, 3.63) is 64.2 Å². The quantitative estimate of drug-likeness (QED) is 0.343. The molecule has 36 heavy (non-hydrogen) atoms. The maximum atomic E-state index is 15.4. The van der Waals surface area contributed by atoms with Crippen molar-refractivity contribution in [2.24, 2.45) is 0 Å². The van der Waals surface area contributed by atoms with E-state index in [4.69, 9.17) is 21.1 Å². The maximum Gasteiger partial charge on any atom is 0.497 e. The van der Waals surface area contributed by atoms with Crippen molar-refractivity contribution in [3.63, 3.8) is 0 Å². The number of fused-ring (bicyclic) bond motifs is 3. The second-order valence-corrected chi connectivity index (χ2v) is 11.6. The lowest BCUT2D eigenvalue weighted by molar-refractivity contribution is -0.167. The molecule has 2 aromatic carbocycles. The summed E-state index contributed by atoms with van der Waals surface area (Å²) >= 11 is 5.99. The summed E-state index contributed by atoms with van der Waals surface area (Å²) in [6, 6.07) is 8.50. The van der Waals surface area contributed by atoms with Crippen molar-refractivity contribution in [1.82, 2.24) is 0 Å². The number of rotatable bonds is 7. The summed E-state index contributed by atoms with van der Waals surface area (Å²) in [7, 11) is -5.37. The summed E-state index contributed by atoms with van der Waals surface area (Å²) in [6.07, 6.45) is -0.590. The van der Waals surface area contributed by atoms with E-state index in [1.807, 2.05) is 0 Å². The van der Waals surface area contributed by atoms with Crippen molar-refractivity contribution >= 4 is 27.2 Å². The van der Waals surface area contributed by atoms with Gasteiger partial charge in [-0.15, -0.1) is 0 Å². The van der Waals surface area contributed by atoms with E-state index in [9.17, 15) is 30.8 Å². The molecule has 0 radical (unpaired) electrons. The minimum atomic E-state index is -5.40. The number of alkyl halides is 3. The predicted molar refractivity (Wildman–Crippen MR) is 121 cm³/mol. The summed E-state index contributed by atoms with van der Waals surface area (Å²) < 4.78 is 103. The van der Waals surface area contributed by atoms with E-state index in [1.54, 1.807) is 24.3 Å². The number of ketones is 1. The van der Waals surface area contributed by atoms with Crippen LogP contribution >= 0.6 is 11.6 Å². The lowest BCUT2D eigenvalue weighted by Gasteiger charge is -2.55. The smallest absolute Gasteiger partial charge is 0.487 e. The van der Waals surface area contributed by atoms with Crippen molar-refractivity contribution in [2.75, 3.05) is 19.0 Å². The molecule has 12 heteroatoms. The Morgan fingerprint density at radius 1 is 1.06 bits per heavy atom. The molecule has 1 aliphatic heterocycles. The summed E-state index contributed by atoms with van der Waals surface area (Å²) in [6.45, 7) is -0.841. The Morgan fingerprint density at radius 3 is 2.39 bits per heavy atom. The number of carbonyl (C=O) groups is 1. The van der Waals surface area contributed by atoms with E-state index in [0.717, 1.165) is 12.1 Å². The molecule has 1 fully saturated rings. The molecule has 2 atom stereocenters. The van der Waals surface area contributed by atoms with Gasteiger partial charge in [-0.1, -0.05) is 23.7 Å².